The van der Waals surface area contributed by atoms with E-state index in [9.17, 15) is 22.8 Å². The molecule has 2 aromatic heterocycles. The lowest BCUT2D eigenvalue weighted by Gasteiger charge is -2.25. The normalized spacial score (nSPS) is 21.1. The highest BCUT2D eigenvalue weighted by atomic mass is 19.4. The maximum Gasteiger partial charge on any atom is 0.420 e. The number of anilines is 1. The Balaban J connectivity index is 1.33. The van der Waals surface area contributed by atoms with E-state index in [1.165, 1.54) is 4.57 Å². The molecule has 0 spiro atoms. The van der Waals surface area contributed by atoms with Crippen molar-refractivity contribution in [2.24, 2.45) is 5.92 Å². The van der Waals surface area contributed by atoms with Gasteiger partial charge in [-0.25, -0.2) is 9.78 Å². The van der Waals surface area contributed by atoms with Gasteiger partial charge < -0.3 is 14.2 Å². The van der Waals surface area contributed by atoms with Crippen LogP contribution >= 0.6 is 0 Å². The van der Waals surface area contributed by atoms with E-state index in [2.05, 4.69) is 4.98 Å². The first kappa shape index (κ1) is 19.7. The Morgan fingerprint density at radius 2 is 2.00 bits per heavy atom. The fraction of sp³-hybridized carbons (Fsp3) is 0.381. The topological polar surface area (TPSA) is 71.6 Å². The molecule has 1 aromatic carbocycles. The van der Waals surface area contributed by atoms with Crippen LogP contribution in [0.4, 0.5) is 19.0 Å². The smallest absolute Gasteiger partial charge is 0.408 e. The van der Waals surface area contributed by atoms with Gasteiger partial charge >= 0.3 is 11.9 Å². The van der Waals surface area contributed by atoms with Gasteiger partial charge in [-0.05, 0) is 30.7 Å². The van der Waals surface area contributed by atoms with Crippen molar-refractivity contribution < 1.29 is 22.4 Å². The number of halogens is 3. The molecule has 3 aromatic rings. The van der Waals surface area contributed by atoms with Crippen LogP contribution in [0.2, 0.25) is 0 Å². The van der Waals surface area contributed by atoms with Gasteiger partial charge in [0, 0.05) is 31.7 Å². The number of nitrogens with zero attached hydrogens (tertiary/aromatic N) is 4. The minimum atomic E-state index is -4.43. The van der Waals surface area contributed by atoms with Crippen LogP contribution in [0.1, 0.15) is 12.0 Å². The van der Waals surface area contributed by atoms with Crippen molar-refractivity contribution in [3.05, 3.63) is 58.7 Å². The Hall–Kier alpha value is -3.30. The number of hydrogen-bond donors (Lipinski definition) is 0. The number of carbonyl (C=O) groups excluding carboxylic acids is 1. The molecule has 0 N–H and O–H groups in total. The first-order valence-corrected chi connectivity index (χ1v) is 9.97. The number of carbonyl (C=O) groups is 1. The standard InChI is InChI=1S/C21H19F3N4O3/c22-21(23,24)14-5-7-25-18(9-14)26-10-13-6-8-27(16(13)11-26)19(29)12-28-15-3-1-2-4-17(15)31-20(28)30/h1-5,7,9,13,16H,6,8,10-12H2. The lowest BCUT2D eigenvalue weighted by molar-refractivity contribution is -0.137. The number of aromatic nitrogens is 2. The molecule has 2 aliphatic rings. The number of hydrogen-bond acceptors (Lipinski definition) is 5. The van der Waals surface area contributed by atoms with Gasteiger partial charge in [0.25, 0.3) is 0 Å². The van der Waals surface area contributed by atoms with E-state index in [4.69, 9.17) is 4.42 Å². The number of rotatable bonds is 3. The lowest BCUT2D eigenvalue weighted by atomic mass is 10.1. The van der Waals surface area contributed by atoms with Gasteiger partial charge in [0.2, 0.25) is 5.91 Å². The highest BCUT2D eigenvalue weighted by molar-refractivity contribution is 5.80. The fourth-order valence-electron chi connectivity index (χ4n) is 4.62. The molecule has 162 valence electrons. The molecule has 2 atom stereocenters. The van der Waals surface area contributed by atoms with Gasteiger partial charge in [-0.15, -0.1) is 0 Å². The molecule has 7 nitrogen and oxygen atoms in total. The zero-order chi connectivity index (χ0) is 21.8. The minimum absolute atomic E-state index is 0.127. The average molecular weight is 432 g/mol. The summed E-state index contributed by atoms with van der Waals surface area (Å²) < 4.78 is 45.6. The van der Waals surface area contributed by atoms with Crippen LogP contribution in [-0.2, 0) is 17.5 Å². The number of benzene rings is 1. The average Bonchev–Trinajstić information content (AvgIpc) is 3.40. The maximum atomic E-state index is 13.0. The molecule has 5 rings (SSSR count). The number of pyridine rings is 1. The summed E-state index contributed by atoms with van der Waals surface area (Å²) in [6, 6.07) is 8.77. The second-order valence-corrected chi connectivity index (χ2v) is 7.93. The van der Waals surface area contributed by atoms with Gasteiger partial charge in [-0.1, -0.05) is 12.1 Å². The first-order valence-electron chi connectivity index (χ1n) is 9.97. The quantitative estimate of drug-likeness (QED) is 0.637. The molecule has 2 fully saturated rings. The van der Waals surface area contributed by atoms with Gasteiger partial charge in [0.1, 0.15) is 12.4 Å². The van der Waals surface area contributed by atoms with Crippen LogP contribution in [0.25, 0.3) is 11.1 Å². The fourth-order valence-corrected chi connectivity index (χ4v) is 4.62. The molecule has 0 bridgehead atoms. The second kappa shape index (κ2) is 7.14. The molecule has 31 heavy (non-hydrogen) atoms. The van der Waals surface area contributed by atoms with Crippen LogP contribution in [0.15, 0.2) is 51.8 Å². The third kappa shape index (κ3) is 3.45. The van der Waals surface area contributed by atoms with Gasteiger partial charge in [-0.2, -0.15) is 13.2 Å². The summed E-state index contributed by atoms with van der Waals surface area (Å²) in [6.45, 7) is 1.37. The predicted molar refractivity (Wildman–Crippen MR) is 106 cm³/mol. The SMILES string of the molecule is O=C(Cn1c(=O)oc2ccccc21)N1CCC2CN(c3cc(C(F)(F)F)ccn3)CC21. The molecule has 0 radical (unpaired) electrons. The molecule has 0 aliphatic carbocycles. The molecule has 2 saturated heterocycles. The number of amides is 1. The van der Waals surface area contributed by atoms with Crippen molar-refractivity contribution >= 4 is 22.8 Å². The Bertz CT molecular complexity index is 1200. The first-order chi connectivity index (χ1) is 14.8. The summed E-state index contributed by atoms with van der Waals surface area (Å²) in [4.78, 5) is 32.8. The summed E-state index contributed by atoms with van der Waals surface area (Å²) >= 11 is 0. The lowest BCUT2D eigenvalue weighted by Crippen LogP contribution is -2.42. The molecule has 10 heteroatoms. The number of likely N-dealkylation sites (tertiary alicyclic amines) is 1. The summed E-state index contributed by atoms with van der Waals surface area (Å²) in [6.07, 6.45) is -2.52. The number of alkyl halides is 3. The zero-order valence-electron chi connectivity index (χ0n) is 16.4. The monoisotopic (exact) mass is 432 g/mol. The Morgan fingerprint density at radius 3 is 2.81 bits per heavy atom. The van der Waals surface area contributed by atoms with Crippen molar-refractivity contribution in [1.82, 2.24) is 14.5 Å². The van der Waals surface area contributed by atoms with Crippen molar-refractivity contribution in [2.75, 3.05) is 24.5 Å². The van der Waals surface area contributed by atoms with E-state index in [0.717, 1.165) is 24.8 Å². The summed E-state index contributed by atoms with van der Waals surface area (Å²) in [5.41, 5.74) is 0.230. The summed E-state index contributed by atoms with van der Waals surface area (Å²) in [5.74, 6) is -0.390. The van der Waals surface area contributed by atoms with Crippen molar-refractivity contribution in [3.8, 4) is 0 Å². The highest BCUT2D eigenvalue weighted by Crippen LogP contribution is 2.36. The summed E-state index contributed by atoms with van der Waals surface area (Å²) in [5, 5.41) is 0. The van der Waals surface area contributed by atoms with E-state index >= 15 is 0 Å². The predicted octanol–water partition coefficient (Wildman–Crippen LogP) is 2.75. The minimum Gasteiger partial charge on any atom is -0.408 e. The molecule has 1 amide bonds. The third-order valence-electron chi connectivity index (χ3n) is 6.13. The number of fused-ring (bicyclic) bond motifs is 2. The molecule has 2 unspecified atom stereocenters. The van der Waals surface area contributed by atoms with Gasteiger partial charge in [0.15, 0.2) is 5.58 Å². The molecular formula is C21H19F3N4O3. The van der Waals surface area contributed by atoms with Crippen molar-refractivity contribution in [3.63, 3.8) is 0 Å². The van der Waals surface area contributed by atoms with E-state index in [1.54, 1.807) is 34.1 Å². The summed E-state index contributed by atoms with van der Waals surface area (Å²) in [7, 11) is 0. The van der Waals surface area contributed by atoms with Crippen molar-refractivity contribution in [1.29, 1.82) is 0 Å². The van der Waals surface area contributed by atoms with Gasteiger partial charge in [0.05, 0.1) is 17.1 Å². The molecular weight excluding hydrogens is 413 g/mol. The van der Waals surface area contributed by atoms with Crippen LogP contribution in [0, 0.1) is 5.92 Å². The Labute approximate surface area is 174 Å². The van der Waals surface area contributed by atoms with Crippen LogP contribution in [-0.4, -0.2) is 46.0 Å². The van der Waals surface area contributed by atoms with E-state index in [-0.39, 0.29) is 30.2 Å². The Kier molecular flexibility index (Phi) is 4.53. The third-order valence-corrected chi connectivity index (χ3v) is 6.13. The van der Waals surface area contributed by atoms with E-state index in [1.807, 2.05) is 0 Å². The van der Waals surface area contributed by atoms with E-state index < -0.39 is 17.5 Å². The van der Waals surface area contributed by atoms with Gasteiger partial charge in [-0.3, -0.25) is 9.36 Å². The number of para-hydroxylation sites is 2. The van der Waals surface area contributed by atoms with Crippen LogP contribution < -0.4 is 10.7 Å². The molecule has 2 aliphatic heterocycles. The van der Waals surface area contributed by atoms with Crippen LogP contribution in [0.3, 0.4) is 0 Å². The maximum absolute atomic E-state index is 13.0. The highest BCUT2D eigenvalue weighted by Gasteiger charge is 2.44. The largest absolute Gasteiger partial charge is 0.420 e. The van der Waals surface area contributed by atoms with Crippen LogP contribution in [0.5, 0.6) is 0 Å². The molecule has 4 heterocycles. The van der Waals surface area contributed by atoms with Crippen molar-refractivity contribution in [2.45, 2.75) is 25.2 Å². The zero-order valence-corrected chi connectivity index (χ0v) is 16.4. The second-order valence-electron chi connectivity index (χ2n) is 7.93. The van der Waals surface area contributed by atoms with E-state index in [0.29, 0.717) is 30.7 Å². The number of oxazole rings is 1. The molecule has 0 saturated carbocycles. The Morgan fingerprint density at radius 1 is 1.19 bits per heavy atom.